The summed E-state index contributed by atoms with van der Waals surface area (Å²) < 4.78 is 25.2. The third-order valence-electron chi connectivity index (χ3n) is 3.89. The molecule has 0 spiro atoms. The Morgan fingerprint density at radius 1 is 1.27 bits per heavy atom. The number of carbonyl (C=O) groups excluding carboxylic acids is 1. The number of benzene rings is 1. The van der Waals surface area contributed by atoms with Gasteiger partial charge in [-0.2, -0.15) is 5.10 Å². The summed E-state index contributed by atoms with van der Waals surface area (Å²) in [5, 5.41) is 7.17. The molecule has 22 heavy (non-hydrogen) atoms. The molecule has 0 bridgehead atoms. The molecule has 7 heteroatoms. The molecular formula is C15H17N3O3S. The van der Waals surface area contributed by atoms with Gasteiger partial charge in [-0.05, 0) is 31.0 Å². The molecule has 0 unspecified atom stereocenters. The molecule has 1 aromatic heterocycles. The van der Waals surface area contributed by atoms with Crippen LogP contribution >= 0.6 is 0 Å². The second kappa shape index (κ2) is 4.95. The Balaban J connectivity index is 2.21. The first kappa shape index (κ1) is 14.8. The van der Waals surface area contributed by atoms with Crippen LogP contribution in [0, 0.1) is 13.8 Å². The fourth-order valence-corrected chi connectivity index (χ4v) is 4.17. The second-order valence-electron chi connectivity index (χ2n) is 5.62. The molecule has 1 aliphatic heterocycles. The molecule has 1 aromatic carbocycles. The number of nitrogens with zero attached hydrogens (tertiary/aromatic N) is 2. The van der Waals surface area contributed by atoms with Gasteiger partial charge in [-0.1, -0.05) is 12.1 Å². The molecule has 3 rings (SSSR count). The Labute approximate surface area is 129 Å². The summed E-state index contributed by atoms with van der Waals surface area (Å²) in [5.41, 5.74) is 4.10. The van der Waals surface area contributed by atoms with Gasteiger partial charge in [-0.25, -0.2) is 13.1 Å². The van der Waals surface area contributed by atoms with E-state index in [0.29, 0.717) is 17.1 Å². The Kier molecular flexibility index (Phi) is 3.32. The van der Waals surface area contributed by atoms with E-state index in [9.17, 15) is 13.2 Å². The number of fused-ring (bicyclic) bond motifs is 1. The molecule has 2 aromatic rings. The van der Waals surface area contributed by atoms with Crippen molar-refractivity contribution in [1.82, 2.24) is 9.78 Å². The minimum atomic E-state index is -3.16. The van der Waals surface area contributed by atoms with Crippen LogP contribution < -0.4 is 5.32 Å². The summed E-state index contributed by atoms with van der Waals surface area (Å²) in [6.45, 7) is 5.38. The van der Waals surface area contributed by atoms with E-state index in [1.165, 1.54) is 6.92 Å². The lowest BCUT2D eigenvalue weighted by Crippen LogP contribution is -2.14. The van der Waals surface area contributed by atoms with E-state index in [4.69, 9.17) is 0 Å². The van der Waals surface area contributed by atoms with Gasteiger partial charge in [0.1, 0.15) is 5.82 Å². The molecule has 116 valence electrons. The van der Waals surface area contributed by atoms with Gasteiger partial charge in [-0.15, -0.1) is 0 Å². The Hall–Kier alpha value is -2.15. The highest BCUT2D eigenvalue weighted by Crippen LogP contribution is 2.33. The molecule has 0 radical (unpaired) electrons. The second-order valence-corrected chi connectivity index (χ2v) is 7.68. The highest BCUT2D eigenvalue weighted by molar-refractivity contribution is 7.90. The lowest BCUT2D eigenvalue weighted by molar-refractivity contribution is -0.114. The van der Waals surface area contributed by atoms with Gasteiger partial charge >= 0.3 is 0 Å². The van der Waals surface area contributed by atoms with Crippen LogP contribution in [0.15, 0.2) is 18.2 Å². The number of anilines is 1. The van der Waals surface area contributed by atoms with Crippen molar-refractivity contribution in [3.05, 3.63) is 40.6 Å². The van der Waals surface area contributed by atoms with E-state index in [-0.39, 0.29) is 17.4 Å². The summed E-state index contributed by atoms with van der Waals surface area (Å²) in [5.74, 6) is 0.0473. The zero-order chi connectivity index (χ0) is 16.1. The first-order chi connectivity index (χ1) is 10.3. The summed E-state index contributed by atoms with van der Waals surface area (Å²) >= 11 is 0. The smallest absolute Gasteiger partial charge is 0.222 e. The molecule has 6 nitrogen and oxygen atoms in total. The van der Waals surface area contributed by atoms with Gasteiger partial charge in [0.05, 0.1) is 22.9 Å². The SMILES string of the molecule is CC(=O)Nc1c2c(nn1-c1cccc(C)c1C)CS(=O)(=O)C2. The van der Waals surface area contributed by atoms with Crippen LogP contribution in [0.3, 0.4) is 0 Å². The van der Waals surface area contributed by atoms with Crippen molar-refractivity contribution in [3.8, 4) is 5.69 Å². The molecule has 0 fully saturated rings. The first-order valence-electron chi connectivity index (χ1n) is 6.94. The van der Waals surface area contributed by atoms with Crippen LogP contribution in [0.4, 0.5) is 5.82 Å². The maximum atomic E-state index is 11.8. The fourth-order valence-electron chi connectivity index (χ4n) is 2.68. The molecule has 1 aliphatic rings. The van der Waals surface area contributed by atoms with E-state index in [0.717, 1.165) is 16.8 Å². The molecule has 1 N–H and O–H groups in total. The van der Waals surface area contributed by atoms with Gasteiger partial charge in [0.25, 0.3) is 0 Å². The predicted molar refractivity (Wildman–Crippen MR) is 83.7 cm³/mol. The molecule has 2 heterocycles. The van der Waals surface area contributed by atoms with Crippen molar-refractivity contribution in [2.24, 2.45) is 0 Å². The molecular weight excluding hydrogens is 302 g/mol. The molecule has 0 saturated heterocycles. The van der Waals surface area contributed by atoms with Crippen LogP contribution in [0.25, 0.3) is 5.69 Å². The number of hydrogen-bond donors (Lipinski definition) is 1. The summed E-state index contributed by atoms with van der Waals surface area (Å²) in [6, 6.07) is 5.82. The van der Waals surface area contributed by atoms with Crippen molar-refractivity contribution in [1.29, 1.82) is 0 Å². The minimum absolute atomic E-state index is 0.0766. The van der Waals surface area contributed by atoms with Crippen LogP contribution in [0.2, 0.25) is 0 Å². The average Bonchev–Trinajstić information content (AvgIpc) is 2.86. The summed E-state index contributed by atoms with van der Waals surface area (Å²) in [6.07, 6.45) is 0. The highest BCUT2D eigenvalue weighted by Gasteiger charge is 2.33. The van der Waals surface area contributed by atoms with Crippen LogP contribution in [0.5, 0.6) is 0 Å². The maximum absolute atomic E-state index is 11.8. The largest absolute Gasteiger partial charge is 0.311 e. The van der Waals surface area contributed by atoms with Crippen LogP contribution in [0.1, 0.15) is 29.3 Å². The average molecular weight is 319 g/mol. The van der Waals surface area contributed by atoms with Crippen molar-refractivity contribution in [2.45, 2.75) is 32.3 Å². The topological polar surface area (TPSA) is 81.1 Å². The minimum Gasteiger partial charge on any atom is -0.311 e. The number of aromatic nitrogens is 2. The number of sulfone groups is 1. The Bertz CT molecular complexity index is 882. The molecule has 1 amide bonds. The van der Waals surface area contributed by atoms with E-state index in [1.54, 1.807) is 4.68 Å². The van der Waals surface area contributed by atoms with Crippen LogP contribution in [-0.4, -0.2) is 24.1 Å². The van der Waals surface area contributed by atoms with Gasteiger partial charge in [-0.3, -0.25) is 4.79 Å². The normalized spacial score (nSPS) is 15.6. The summed E-state index contributed by atoms with van der Waals surface area (Å²) in [4.78, 5) is 11.5. The number of aryl methyl sites for hydroxylation is 1. The van der Waals surface area contributed by atoms with Gasteiger partial charge in [0, 0.05) is 12.5 Å². The Morgan fingerprint density at radius 2 is 2.00 bits per heavy atom. The zero-order valence-corrected chi connectivity index (χ0v) is 13.5. The van der Waals surface area contributed by atoms with E-state index in [1.807, 2.05) is 32.0 Å². The van der Waals surface area contributed by atoms with Crippen molar-refractivity contribution in [2.75, 3.05) is 5.32 Å². The van der Waals surface area contributed by atoms with Crippen molar-refractivity contribution in [3.63, 3.8) is 0 Å². The maximum Gasteiger partial charge on any atom is 0.222 e. The fraction of sp³-hybridized carbons (Fsp3) is 0.333. The zero-order valence-electron chi connectivity index (χ0n) is 12.7. The third kappa shape index (κ3) is 2.41. The number of amides is 1. The molecule has 0 saturated carbocycles. The highest BCUT2D eigenvalue weighted by atomic mass is 32.2. The van der Waals surface area contributed by atoms with E-state index >= 15 is 0 Å². The molecule has 0 aliphatic carbocycles. The predicted octanol–water partition coefficient (Wildman–Crippen LogP) is 1.88. The third-order valence-corrected chi connectivity index (χ3v) is 5.33. The van der Waals surface area contributed by atoms with Gasteiger partial charge in [0.15, 0.2) is 9.84 Å². The number of carbonyl (C=O) groups is 1. The van der Waals surface area contributed by atoms with Gasteiger partial charge < -0.3 is 5.32 Å². The number of hydrogen-bond acceptors (Lipinski definition) is 4. The van der Waals surface area contributed by atoms with Gasteiger partial charge in [0.2, 0.25) is 5.91 Å². The van der Waals surface area contributed by atoms with E-state index in [2.05, 4.69) is 10.4 Å². The standard InChI is InChI=1S/C15H17N3O3S/c1-9-5-4-6-14(10(9)2)18-15(16-11(3)19)12-7-22(20,21)8-13(12)17-18/h4-6H,7-8H2,1-3H3,(H,16,19). The summed E-state index contributed by atoms with van der Waals surface area (Å²) in [7, 11) is -3.16. The van der Waals surface area contributed by atoms with E-state index < -0.39 is 9.84 Å². The van der Waals surface area contributed by atoms with Crippen LogP contribution in [-0.2, 0) is 26.1 Å². The van der Waals surface area contributed by atoms with Crippen molar-refractivity contribution < 1.29 is 13.2 Å². The number of rotatable bonds is 2. The number of nitrogens with one attached hydrogen (secondary N) is 1. The Morgan fingerprint density at radius 3 is 2.68 bits per heavy atom. The molecule has 0 atom stereocenters. The quantitative estimate of drug-likeness (QED) is 0.916. The lowest BCUT2D eigenvalue weighted by atomic mass is 10.1. The lowest BCUT2D eigenvalue weighted by Gasteiger charge is -2.13. The monoisotopic (exact) mass is 319 g/mol. The van der Waals surface area contributed by atoms with Crippen molar-refractivity contribution >= 4 is 21.6 Å². The first-order valence-corrected chi connectivity index (χ1v) is 8.76.